The molecule has 0 bridgehead atoms. The highest BCUT2D eigenvalue weighted by molar-refractivity contribution is 5.98. The fourth-order valence-corrected chi connectivity index (χ4v) is 2.24. The minimum absolute atomic E-state index is 0.00295. The Kier molecular flexibility index (Phi) is 2.21. The van der Waals surface area contributed by atoms with E-state index in [0.717, 1.165) is 17.0 Å². The average Bonchev–Trinajstić information content (AvgIpc) is 2.84. The summed E-state index contributed by atoms with van der Waals surface area (Å²) < 4.78 is 1.91. The molecule has 1 amide bonds. The van der Waals surface area contributed by atoms with Gasteiger partial charge in [0.2, 0.25) is 0 Å². The van der Waals surface area contributed by atoms with Gasteiger partial charge in [0.1, 0.15) is 0 Å². The molecule has 17 heavy (non-hydrogen) atoms. The molecule has 1 aromatic heterocycles. The molecular weight excluding hydrogens is 214 g/mol. The minimum Gasteiger partial charge on any atom is -0.346 e. The van der Waals surface area contributed by atoms with Crippen molar-refractivity contribution in [3.8, 4) is 0 Å². The van der Waals surface area contributed by atoms with E-state index in [0.29, 0.717) is 13.1 Å². The zero-order valence-corrected chi connectivity index (χ0v) is 9.60. The van der Waals surface area contributed by atoms with Crippen LogP contribution in [0.5, 0.6) is 0 Å². The first-order valence-electron chi connectivity index (χ1n) is 5.64. The van der Waals surface area contributed by atoms with E-state index in [1.165, 1.54) is 5.56 Å². The zero-order chi connectivity index (χ0) is 11.8. The van der Waals surface area contributed by atoms with Crippen molar-refractivity contribution >= 4 is 5.91 Å². The van der Waals surface area contributed by atoms with E-state index in [2.05, 4.69) is 22.5 Å². The summed E-state index contributed by atoms with van der Waals surface area (Å²) in [5.74, 6) is -0.00295. The summed E-state index contributed by atoms with van der Waals surface area (Å²) in [5.41, 5.74) is 3.75. The summed E-state index contributed by atoms with van der Waals surface area (Å²) in [5, 5.41) is 7.27. The Morgan fingerprint density at radius 2 is 2.12 bits per heavy atom. The third-order valence-electron chi connectivity index (χ3n) is 3.05. The van der Waals surface area contributed by atoms with Gasteiger partial charge in [-0.05, 0) is 12.5 Å². The lowest BCUT2D eigenvalue weighted by Gasteiger charge is -2.05. The van der Waals surface area contributed by atoms with Gasteiger partial charge in [0.15, 0.2) is 0 Å². The Morgan fingerprint density at radius 3 is 2.88 bits per heavy atom. The second-order valence-electron chi connectivity index (χ2n) is 4.23. The van der Waals surface area contributed by atoms with Gasteiger partial charge in [0.25, 0.3) is 5.91 Å². The first-order valence-corrected chi connectivity index (χ1v) is 5.64. The van der Waals surface area contributed by atoms with Crippen molar-refractivity contribution in [1.82, 2.24) is 15.1 Å². The van der Waals surface area contributed by atoms with Crippen LogP contribution in [0, 0.1) is 6.92 Å². The third kappa shape index (κ3) is 1.62. The second kappa shape index (κ2) is 3.73. The van der Waals surface area contributed by atoms with E-state index in [-0.39, 0.29) is 5.91 Å². The zero-order valence-electron chi connectivity index (χ0n) is 9.60. The summed E-state index contributed by atoms with van der Waals surface area (Å²) in [6.07, 6.45) is 0. The number of fused-ring (bicyclic) bond motifs is 1. The highest BCUT2D eigenvalue weighted by Crippen LogP contribution is 2.19. The third-order valence-corrected chi connectivity index (χ3v) is 3.05. The molecule has 0 spiro atoms. The number of nitrogens with one attached hydrogen (secondary N) is 1. The number of carbonyl (C=O) groups is 1. The number of aromatic nitrogens is 2. The van der Waals surface area contributed by atoms with E-state index in [1.54, 1.807) is 0 Å². The molecule has 0 saturated heterocycles. The largest absolute Gasteiger partial charge is 0.346 e. The Labute approximate surface area is 99.3 Å². The van der Waals surface area contributed by atoms with Crippen LogP contribution in [0.3, 0.4) is 0 Å². The van der Waals surface area contributed by atoms with Gasteiger partial charge < -0.3 is 5.32 Å². The van der Waals surface area contributed by atoms with Crippen LogP contribution >= 0.6 is 0 Å². The predicted octanol–water partition coefficient (Wildman–Crippen LogP) is 1.48. The highest BCUT2D eigenvalue weighted by atomic mass is 16.2. The van der Waals surface area contributed by atoms with Crippen LogP contribution in [0.1, 0.15) is 27.3 Å². The van der Waals surface area contributed by atoms with E-state index in [4.69, 9.17) is 0 Å². The Balaban J connectivity index is 1.98. The van der Waals surface area contributed by atoms with E-state index in [9.17, 15) is 4.79 Å². The predicted molar refractivity (Wildman–Crippen MR) is 63.7 cm³/mol. The average molecular weight is 227 g/mol. The Bertz CT molecular complexity index is 572. The molecule has 0 saturated carbocycles. The number of hydrogen-bond donors (Lipinski definition) is 1. The van der Waals surface area contributed by atoms with Crippen LogP contribution < -0.4 is 5.32 Å². The van der Waals surface area contributed by atoms with Crippen molar-refractivity contribution in [2.45, 2.75) is 20.0 Å². The van der Waals surface area contributed by atoms with Gasteiger partial charge in [-0.3, -0.25) is 9.48 Å². The fourth-order valence-electron chi connectivity index (χ4n) is 2.24. The van der Waals surface area contributed by atoms with Gasteiger partial charge >= 0.3 is 0 Å². The summed E-state index contributed by atoms with van der Waals surface area (Å²) in [7, 11) is 0. The molecule has 1 aliphatic heterocycles. The Morgan fingerprint density at radius 1 is 1.35 bits per heavy atom. The van der Waals surface area contributed by atoms with Crippen molar-refractivity contribution in [3.05, 3.63) is 52.8 Å². The molecule has 2 heterocycles. The Hall–Kier alpha value is -2.10. The van der Waals surface area contributed by atoms with Crippen LogP contribution in [0.15, 0.2) is 30.3 Å². The van der Waals surface area contributed by atoms with Gasteiger partial charge in [-0.15, -0.1) is 0 Å². The lowest BCUT2D eigenvalue weighted by atomic mass is 10.2. The van der Waals surface area contributed by atoms with Crippen molar-refractivity contribution in [1.29, 1.82) is 0 Å². The number of aryl methyl sites for hydroxylation is 1. The summed E-state index contributed by atoms with van der Waals surface area (Å²) in [4.78, 5) is 11.6. The standard InChI is InChI=1S/C13H13N3O/c1-9-12-11(7-14-13(12)17)16(15-9)8-10-5-3-2-4-6-10/h2-6H,7-8H2,1H3,(H,14,17). The van der Waals surface area contributed by atoms with Gasteiger partial charge in [-0.25, -0.2) is 0 Å². The molecule has 0 radical (unpaired) electrons. The molecule has 1 N–H and O–H groups in total. The second-order valence-corrected chi connectivity index (χ2v) is 4.23. The molecule has 0 atom stereocenters. The van der Waals surface area contributed by atoms with Gasteiger partial charge in [-0.2, -0.15) is 5.10 Å². The number of hydrogen-bond acceptors (Lipinski definition) is 2. The van der Waals surface area contributed by atoms with Crippen LogP contribution in [0.2, 0.25) is 0 Å². The maximum atomic E-state index is 11.6. The molecule has 3 rings (SSSR count). The number of nitrogens with zero attached hydrogens (tertiary/aromatic N) is 2. The van der Waals surface area contributed by atoms with Crippen LogP contribution in [-0.2, 0) is 13.1 Å². The normalized spacial score (nSPS) is 13.6. The minimum atomic E-state index is -0.00295. The first-order chi connectivity index (χ1) is 8.25. The molecule has 0 fully saturated rings. The maximum Gasteiger partial charge on any atom is 0.255 e. The number of benzene rings is 1. The van der Waals surface area contributed by atoms with E-state index >= 15 is 0 Å². The van der Waals surface area contributed by atoms with Crippen LogP contribution in [0.4, 0.5) is 0 Å². The van der Waals surface area contributed by atoms with Crippen LogP contribution in [0.25, 0.3) is 0 Å². The smallest absolute Gasteiger partial charge is 0.255 e. The molecule has 4 heteroatoms. The molecule has 0 unspecified atom stereocenters. The van der Waals surface area contributed by atoms with Gasteiger partial charge in [0.05, 0.1) is 30.0 Å². The lowest BCUT2D eigenvalue weighted by Crippen LogP contribution is -2.15. The number of amides is 1. The van der Waals surface area contributed by atoms with Gasteiger partial charge in [-0.1, -0.05) is 30.3 Å². The quantitative estimate of drug-likeness (QED) is 0.844. The SMILES string of the molecule is Cc1nn(Cc2ccccc2)c2c1C(=O)NC2. The van der Waals surface area contributed by atoms with Crippen molar-refractivity contribution in [2.75, 3.05) is 0 Å². The van der Waals surface area contributed by atoms with Crippen LogP contribution in [-0.4, -0.2) is 15.7 Å². The summed E-state index contributed by atoms with van der Waals surface area (Å²) in [6, 6.07) is 10.1. The number of carbonyl (C=O) groups excluding carboxylic acids is 1. The van der Waals surface area contributed by atoms with E-state index in [1.807, 2.05) is 29.8 Å². The molecule has 86 valence electrons. The summed E-state index contributed by atoms with van der Waals surface area (Å²) in [6.45, 7) is 3.18. The van der Waals surface area contributed by atoms with Gasteiger partial charge in [0, 0.05) is 0 Å². The molecule has 2 aromatic rings. The molecule has 4 nitrogen and oxygen atoms in total. The lowest BCUT2D eigenvalue weighted by molar-refractivity contribution is 0.0965. The monoisotopic (exact) mass is 227 g/mol. The molecule has 1 aliphatic rings. The maximum absolute atomic E-state index is 11.6. The first kappa shape index (κ1) is 10.1. The fraction of sp³-hybridized carbons (Fsp3) is 0.231. The van der Waals surface area contributed by atoms with Crippen molar-refractivity contribution in [3.63, 3.8) is 0 Å². The van der Waals surface area contributed by atoms with Crippen molar-refractivity contribution < 1.29 is 4.79 Å². The number of rotatable bonds is 2. The topological polar surface area (TPSA) is 46.9 Å². The van der Waals surface area contributed by atoms with Crippen molar-refractivity contribution in [2.24, 2.45) is 0 Å². The summed E-state index contributed by atoms with van der Waals surface area (Å²) >= 11 is 0. The van der Waals surface area contributed by atoms with E-state index < -0.39 is 0 Å². The highest BCUT2D eigenvalue weighted by Gasteiger charge is 2.26. The molecular formula is C13H13N3O. The molecule has 0 aliphatic carbocycles. The molecule has 1 aromatic carbocycles.